The standard InChI is InChI=1S/C35H54ClN2/c1-34(2)30(37(5)28-19-15-23-11-7-9-13-26(23)32(28)34)21-17-25(36)18-22-31-35(3,4)33-27-14-10-8-12-24(27)16-20-29(33)38(31)6/h17-18,21-24,26-29,32-33H,7-16,19-20H2,1-6H3/q+1. The van der Waals surface area contributed by atoms with E-state index in [9.17, 15) is 0 Å². The molecule has 4 aliphatic carbocycles. The van der Waals surface area contributed by atoms with Crippen LogP contribution in [0, 0.1) is 46.3 Å². The minimum atomic E-state index is 0.214. The van der Waals surface area contributed by atoms with Crippen molar-refractivity contribution in [2.75, 3.05) is 14.1 Å². The largest absolute Gasteiger partial charge is 0.374 e. The van der Waals surface area contributed by atoms with Gasteiger partial charge in [-0.2, -0.15) is 0 Å². The molecule has 0 radical (unpaired) electrons. The van der Waals surface area contributed by atoms with E-state index in [1.165, 1.54) is 88.5 Å². The van der Waals surface area contributed by atoms with Crippen LogP contribution in [0.25, 0.3) is 0 Å². The van der Waals surface area contributed by atoms with E-state index < -0.39 is 0 Å². The SMILES string of the molecule is CN1C(=CC=C(Cl)C=CC2=[N+](C)C3CCC4CCCCC4C3C2(C)C)C(C)(C)C2C3CCCCC3CCC21. The minimum absolute atomic E-state index is 0.214. The number of halogens is 1. The molecule has 0 aromatic heterocycles. The number of allylic oxidation sites excluding steroid dienone is 6. The van der Waals surface area contributed by atoms with Crippen LogP contribution in [-0.2, 0) is 0 Å². The highest BCUT2D eigenvalue weighted by molar-refractivity contribution is 6.31. The van der Waals surface area contributed by atoms with Crippen molar-refractivity contribution in [3.63, 3.8) is 0 Å². The molecule has 1 saturated heterocycles. The first-order chi connectivity index (χ1) is 18.1. The molecule has 0 amide bonds. The van der Waals surface area contributed by atoms with Crippen LogP contribution in [0.15, 0.2) is 35.0 Å². The summed E-state index contributed by atoms with van der Waals surface area (Å²) in [5, 5.41) is 0.856. The van der Waals surface area contributed by atoms with Crippen molar-refractivity contribution in [3.8, 4) is 0 Å². The van der Waals surface area contributed by atoms with E-state index in [4.69, 9.17) is 11.6 Å². The summed E-state index contributed by atoms with van der Waals surface area (Å²) in [7, 11) is 4.70. The van der Waals surface area contributed by atoms with Gasteiger partial charge in [-0.05, 0) is 93.8 Å². The van der Waals surface area contributed by atoms with Crippen LogP contribution in [-0.4, -0.2) is 41.4 Å². The Hall–Kier alpha value is -1.02. The van der Waals surface area contributed by atoms with Crippen molar-refractivity contribution < 1.29 is 4.58 Å². The van der Waals surface area contributed by atoms with Crippen LogP contribution < -0.4 is 0 Å². The van der Waals surface area contributed by atoms with Crippen molar-refractivity contribution in [1.29, 1.82) is 0 Å². The highest BCUT2D eigenvalue weighted by Crippen LogP contribution is 2.59. The Bertz CT molecular complexity index is 1040. The normalized spacial score (nSPS) is 43.3. The smallest absolute Gasteiger partial charge is 0.182 e. The van der Waals surface area contributed by atoms with Gasteiger partial charge in [0.25, 0.3) is 0 Å². The third kappa shape index (κ3) is 4.29. The number of hydrogen-bond donors (Lipinski definition) is 0. The summed E-state index contributed by atoms with van der Waals surface area (Å²) in [4.78, 5) is 2.63. The Morgan fingerprint density at radius 1 is 0.816 bits per heavy atom. The predicted molar refractivity (Wildman–Crippen MR) is 162 cm³/mol. The van der Waals surface area contributed by atoms with Crippen molar-refractivity contribution >= 4 is 17.3 Å². The van der Waals surface area contributed by atoms with E-state index in [1.54, 1.807) is 0 Å². The van der Waals surface area contributed by atoms with Gasteiger partial charge >= 0.3 is 0 Å². The van der Waals surface area contributed by atoms with Gasteiger partial charge in [0, 0.05) is 47.6 Å². The second-order valence-electron chi connectivity index (χ2n) is 15.2. The van der Waals surface area contributed by atoms with Crippen LogP contribution in [0.4, 0.5) is 0 Å². The summed E-state index contributed by atoms with van der Waals surface area (Å²) in [5.41, 5.74) is 3.41. The lowest BCUT2D eigenvalue weighted by molar-refractivity contribution is -0.541. The first kappa shape index (κ1) is 27.2. The van der Waals surface area contributed by atoms with E-state index >= 15 is 0 Å². The monoisotopic (exact) mass is 537 g/mol. The van der Waals surface area contributed by atoms with Gasteiger partial charge in [0.2, 0.25) is 0 Å². The minimum Gasteiger partial charge on any atom is -0.374 e. The van der Waals surface area contributed by atoms with Crippen LogP contribution in [0.2, 0.25) is 0 Å². The summed E-state index contributed by atoms with van der Waals surface area (Å²) in [6.07, 6.45) is 26.3. The molecule has 0 aromatic carbocycles. The third-order valence-electron chi connectivity index (χ3n) is 12.9. The average Bonchev–Trinajstić information content (AvgIpc) is 3.23. The van der Waals surface area contributed by atoms with Crippen LogP contribution in [0.1, 0.15) is 105 Å². The second-order valence-corrected chi connectivity index (χ2v) is 15.7. The third-order valence-corrected chi connectivity index (χ3v) is 13.1. The lowest BCUT2D eigenvalue weighted by Crippen LogP contribution is -2.45. The second kappa shape index (κ2) is 10.1. The first-order valence-corrected chi connectivity index (χ1v) is 16.6. The number of hydrogen-bond acceptors (Lipinski definition) is 1. The van der Waals surface area contributed by atoms with Crippen LogP contribution in [0.3, 0.4) is 0 Å². The molecule has 5 fully saturated rings. The fourth-order valence-electron chi connectivity index (χ4n) is 11.4. The topological polar surface area (TPSA) is 6.25 Å². The van der Waals surface area contributed by atoms with Crippen molar-refractivity contribution in [3.05, 3.63) is 35.0 Å². The van der Waals surface area contributed by atoms with Gasteiger partial charge in [0.15, 0.2) is 11.8 Å². The molecule has 2 nitrogen and oxygen atoms in total. The Kier molecular flexibility index (Phi) is 7.23. The molecule has 210 valence electrons. The van der Waals surface area contributed by atoms with Crippen molar-refractivity contribution in [2.45, 2.75) is 117 Å². The fourth-order valence-corrected chi connectivity index (χ4v) is 11.5. The summed E-state index contributed by atoms with van der Waals surface area (Å²) in [6.45, 7) is 10.1. The zero-order valence-corrected chi connectivity index (χ0v) is 25.9. The van der Waals surface area contributed by atoms with Gasteiger partial charge in [0.05, 0.1) is 5.41 Å². The molecule has 0 bridgehead atoms. The molecule has 2 heterocycles. The summed E-state index contributed by atoms with van der Waals surface area (Å²) in [6, 6.07) is 1.41. The zero-order valence-electron chi connectivity index (χ0n) is 25.2. The Morgan fingerprint density at radius 2 is 1.42 bits per heavy atom. The van der Waals surface area contributed by atoms with E-state index in [2.05, 4.69) is 75.6 Å². The molecule has 6 rings (SSSR count). The molecule has 0 spiro atoms. The fraction of sp³-hybridized carbons (Fsp3) is 0.800. The molecule has 6 aliphatic rings. The van der Waals surface area contributed by atoms with Gasteiger partial charge in [0.1, 0.15) is 7.05 Å². The van der Waals surface area contributed by atoms with Crippen molar-refractivity contribution in [1.82, 2.24) is 4.90 Å². The Labute approximate surface area is 238 Å². The number of fused-ring (bicyclic) bond motifs is 6. The van der Waals surface area contributed by atoms with Gasteiger partial charge in [-0.3, -0.25) is 0 Å². The Balaban J connectivity index is 1.22. The van der Waals surface area contributed by atoms with E-state index in [-0.39, 0.29) is 10.8 Å². The first-order valence-electron chi connectivity index (χ1n) is 16.2. The summed E-state index contributed by atoms with van der Waals surface area (Å²) < 4.78 is 2.63. The number of nitrogens with zero attached hydrogens (tertiary/aromatic N) is 2. The quantitative estimate of drug-likeness (QED) is 0.257. The van der Waals surface area contributed by atoms with Crippen LogP contribution in [0.5, 0.6) is 0 Å². The highest BCUT2D eigenvalue weighted by Gasteiger charge is 2.59. The molecule has 38 heavy (non-hydrogen) atoms. The molecule has 4 saturated carbocycles. The van der Waals surface area contributed by atoms with Gasteiger partial charge in [-0.25, -0.2) is 4.58 Å². The van der Waals surface area contributed by atoms with E-state index in [0.29, 0.717) is 12.1 Å². The number of rotatable bonds is 3. The molecule has 3 heteroatoms. The molecule has 8 unspecified atom stereocenters. The molecular weight excluding hydrogens is 484 g/mol. The maximum absolute atomic E-state index is 6.93. The average molecular weight is 538 g/mol. The lowest BCUT2D eigenvalue weighted by atomic mass is 9.57. The summed E-state index contributed by atoms with van der Waals surface area (Å²) >= 11 is 6.93. The maximum Gasteiger partial charge on any atom is 0.182 e. The van der Waals surface area contributed by atoms with E-state index in [1.807, 2.05) is 0 Å². The van der Waals surface area contributed by atoms with Gasteiger partial charge in [-0.15, -0.1) is 0 Å². The number of likely N-dealkylation sites (tertiary alicyclic amines) is 1. The van der Waals surface area contributed by atoms with Crippen LogP contribution >= 0.6 is 11.6 Å². The highest BCUT2D eigenvalue weighted by atomic mass is 35.5. The molecular formula is C35H54ClN2+. The molecule has 0 N–H and O–H groups in total. The molecule has 2 aliphatic heterocycles. The predicted octanol–water partition coefficient (Wildman–Crippen LogP) is 8.81. The Morgan fingerprint density at radius 3 is 2.11 bits per heavy atom. The lowest BCUT2D eigenvalue weighted by Gasteiger charge is -2.47. The van der Waals surface area contributed by atoms with Gasteiger partial charge < -0.3 is 4.90 Å². The van der Waals surface area contributed by atoms with Crippen molar-refractivity contribution in [2.24, 2.45) is 46.3 Å². The van der Waals surface area contributed by atoms with Gasteiger partial charge in [-0.1, -0.05) is 64.0 Å². The molecule has 8 atom stereocenters. The zero-order chi connectivity index (χ0) is 26.8. The maximum atomic E-state index is 6.93. The molecule has 0 aromatic rings. The summed E-state index contributed by atoms with van der Waals surface area (Å²) in [5.74, 6) is 5.33. The van der Waals surface area contributed by atoms with E-state index in [0.717, 1.165) is 40.5 Å².